The highest BCUT2D eigenvalue weighted by atomic mass is 19.1. The standard InChI is InChI=1S/C29H30FN3O3/c30-21-1-3-22(4-2-21)33-25-11-19-16-31-32-24(19)12-23(25)26(27(33)17-6-9-36-10-7-17)18-5-8-29(13-18)14-20(15-29)28(34)35/h1-4,11-12,16-18,20H,5-10,13-15H2,(H,31,32)(H,34,35)/t18-,20-,29+/m1/s1. The van der Waals surface area contributed by atoms with Crippen LogP contribution in [0.5, 0.6) is 0 Å². The number of nitrogens with zero attached hydrogens (tertiary/aromatic N) is 2. The molecule has 0 amide bonds. The molecule has 2 saturated carbocycles. The van der Waals surface area contributed by atoms with E-state index in [0.29, 0.717) is 11.8 Å². The van der Waals surface area contributed by atoms with Gasteiger partial charge in [-0.05, 0) is 98.2 Å². The largest absolute Gasteiger partial charge is 0.481 e. The number of carboxylic acid groups (broad SMARTS) is 1. The average Bonchev–Trinajstić information content (AvgIpc) is 3.58. The molecule has 1 aliphatic heterocycles. The minimum atomic E-state index is -0.651. The van der Waals surface area contributed by atoms with Crippen molar-refractivity contribution in [1.82, 2.24) is 14.8 Å². The van der Waals surface area contributed by atoms with Gasteiger partial charge in [0.15, 0.2) is 0 Å². The Hall–Kier alpha value is -3.19. The first-order chi connectivity index (χ1) is 17.5. The fourth-order valence-electron chi connectivity index (χ4n) is 7.42. The maximum atomic E-state index is 13.9. The maximum absolute atomic E-state index is 13.9. The lowest BCUT2D eigenvalue weighted by Crippen LogP contribution is -2.39. The summed E-state index contributed by atoms with van der Waals surface area (Å²) in [5, 5.41) is 19.2. The second kappa shape index (κ2) is 8.17. The zero-order chi connectivity index (χ0) is 24.4. The number of hydrogen-bond acceptors (Lipinski definition) is 3. The number of ether oxygens (including phenoxy) is 1. The molecule has 0 unspecified atom stereocenters. The monoisotopic (exact) mass is 487 g/mol. The molecule has 3 heterocycles. The maximum Gasteiger partial charge on any atom is 0.306 e. The molecule has 0 bridgehead atoms. The number of carbonyl (C=O) groups is 1. The first-order valence-corrected chi connectivity index (χ1v) is 13.1. The Labute approximate surface area is 208 Å². The second-order valence-electron chi connectivity index (χ2n) is 11.2. The van der Waals surface area contributed by atoms with Crippen LogP contribution in [0, 0.1) is 17.2 Å². The zero-order valence-corrected chi connectivity index (χ0v) is 20.2. The molecular weight excluding hydrogens is 457 g/mol. The van der Waals surface area contributed by atoms with E-state index in [1.165, 1.54) is 28.8 Å². The highest BCUT2D eigenvalue weighted by Gasteiger charge is 2.52. The number of aliphatic carboxylic acids is 1. The molecule has 1 saturated heterocycles. The Morgan fingerprint density at radius 1 is 1.08 bits per heavy atom. The van der Waals surface area contributed by atoms with Gasteiger partial charge in [0.05, 0.1) is 23.1 Å². The lowest BCUT2D eigenvalue weighted by atomic mass is 9.60. The van der Waals surface area contributed by atoms with Gasteiger partial charge in [0.1, 0.15) is 5.82 Å². The topological polar surface area (TPSA) is 80.1 Å². The van der Waals surface area contributed by atoms with Crippen LogP contribution in [0.4, 0.5) is 4.39 Å². The van der Waals surface area contributed by atoms with Crippen LogP contribution in [0.15, 0.2) is 42.6 Å². The Morgan fingerprint density at radius 3 is 2.61 bits per heavy atom. The summed E-state index contributed by atoms with van der Waals surface area (Å²) in [6, 6.07) is 11.3. The fourth-order valence-corrected chi connectivity index (χ4v) is 7.42. The average molecular weight is 488 g/mol. The van der Waals surface area contributed by atoms with Crippen LogP contribution in [0.1, 0.15) is 68.0 Å². The number of nitrogens with one attached hydrogen (secondary N) is 1. The number of carboxylic acids is 1. The molecule has 36 heavy (non-hydrogen) atoms. The molecule has 1 spiro atoms. The van der Waals surface area contributed by atoms with E-state index >= 15 is 0 Å². The van der Waals surface area contributed by atoms with Crippen molar-refractivity contribution < 1.29 is 19.0 Å². The number of aromatic amines is 1. The van der Waals surface area contributed by atoms with Crippen molar-refractivity contribution in [3.05, 3.63) is 59.7 Å². The van der Waals surface area contributed by atoms with Gasteiger partial charge in [-0.3, -0.25) is 9.89 Å². The van der Waals surface area contributed by atoms with Crippen LogP contribution in [0.3, 0.4) is 0 Å². The van der Waals surface area contributed by atoms with Gasteiger partial charge in [-0.15, -0.1) is 0 Å². The quantitative estimate of drug-likeness (QED) is 0.355. The Morgan fingerprint density at radius 2 is 1.86 bits per heavy atom. The van der Waals surface area contributed by atoms with Crippen LogP contribution in [-0.4, -0.2) is 39.1 Å². The van der Waals surface area contributed by atoms with Gasteiger partial charge in [0.2, 0.25) is 0 Å². The summed E-state index contributed by atoms with van der Waals surface area (Å²) in [6.07, 6.45) is 8.58. The summed E-state index contributed by atoms with van der Waals surface area (Å²) >= 11 is 0. The van der Waals surface area contributed by atoms with Gasteiger partial charge in [-0.25, -0.2) is 4.39 Å². The third kappa shape index (κ3) is 3.39. The van der Waals surface area contributed by atoms with Crippen LogP contribution >= 0.6 is 0 Å². The summed E-state index contributed by atoms with van der Waals surface area (Å²) in [4.78, 5) is 11.5. The minimum absolute atomic E-state index is 0.156. The van der Waals surface area contributed by atoms with Crippen molar-refractivity contribution in [3.8, 4) is 5.69 Å². The number of aromatic nitrogens is 3. The molecule has 6 nitrogen and oxygen atoms in total. The molecule has 1 atom stereocenters. The molecule has 4 aromatic rings. The molecule has 186 valence electrons. The van der Waals surface area contributed by atoms with Gasteiger partial charge in [0, 0.05) is 41.3 Å². The van der Waals surface area contributed by atoms with Crippen LogP contribution < -0.4 is 0 Å². The van der Waals surface area contributed by atoms with Gasteiger partial charge in [0.25, 0.3) is 0 Å². The summed E-state index contributed by atoms with van der Waals surface area (Å²) in [5.74, 6) is -0.351. The van der Waals surface area contributed by atoms with Crippen LogP contribution in [-0.2, 0) is 9.53 Å². The summed E-state index contributed by atoms with van der Waals surface area (Å²) in [6.45, 7) is 1.49. The molecule has 3 fully saturated rings. The summed E-state index contributed by atoms with van der Waals surface area (Å²) in [5.41, 5.74) is 6.00. The van der Waals surface area contributed by atoms with Gasteiger partial charge in [-0.2, -0.15) is 5.10 Å². The van der Waals surface area contributed by atoms with E-state index < -0.39 is 5.97 Å². The molecule has 0 radical (unpaired) electrons. The van der Waals surface area contributed by atoms with Crippen molar-refractivity contribution in [3.63, 3.8) is 0 Å². The summed E-state index contributed by atoms with van der Waals surface area (Å²) in [7, 11) is 0. The predicted molar refractivity (Wildman–Crippen MR) is 135 cm³/mol. The third-order valence-electron chi connectivity index (χ3n) is 9.12. The van der Waals surface area contributed by atoms with Crippen molar-refractivity contribution in [1.29, 1.82) is 0 Å². The van der Waals surface area contributed by atoms with Crippen LogP contribution in [0.2, 0.25) is 0 Å². The van der Waals surface area contributed by atoms with E-state index in [2.05, 4.69) is 26.9 Å². The normalized spacial score (nSPS) is 26.7. The second-order valence-corrected chi connectivity index (χ2v) is 11.2. The Bertz CT molecular complexity index is 1460. The van der Waals surface area contributed by atoms with Crippen molar-refractivity contribution in [2.45, 2.75) is 56.8 Å². The highest BCUT2D eigenvalue weighted by Crippen LogP contribution is 2.61. The van der Waals surface area contributed by atoms with Gasteiger partial charge >= 0.3 is 5.97 Å². The molecular formula is C29H30FN3O3. The summed E-state index contributed by atoms with van der Waals surface area (Å²) < 4.78 is 22.0. The number of H-pyrrole nitrogens is 1. The number of halogens is 1. The number of hydrogen-bond donors (Lipinski definition) is 2. The molecule has 2 N–H and O–H groups in total. The smallest absolute Gasteiger partial charge is 0.306 e. The number of fused-ring (bicyclic) bond motifs is 2. The molecule has 7 heteroatoms. The van der Waals surface area contributed by atoms with Crippen molar-refractivity contribution in [2.75, 3.05) is 13.2 Å². The van der Waals surface area contributed by atoms with E-state index in [0.717, 1.165) is 80.3 Å². The van der Waals surface area contributed by atoms with Gasteiger partial charge in [-0.1, -0.05) is 0 Å². The molecule has 2 aromatic carbocycles. The highest BCUT2D eigenvalue weighted by molar-refractivity contribution is 5.99. The first-order valence-electron chi connectivity index (χ1n) is 13.1. The van der Waals surface area contributed by atoms with Crippen molar-refractivity contribution in [2.24, 2.45) is 11.3 Å². The lowest BCUT2D eigenvalue weighted by Gasteiger charge is -2.43. The third-order valence-corrected chi connectivity index (χ3v) is 9.12. The van der Waals surface area contributed by atoms with Gasteiger partial charge < -0.3 is 14.4 Å². The van der Waals surface area contributed by atoms with E-state index in [1.54, 1.807) is 0 Å². The molecule has 3 aliphatic rings. The number of rotatable bonds is 4. The van der Waals surface area contributed by atoms with Crippen LogP contribution in [0.25, 0.3) is 27.5 Å². The fraction of sp³-hybridized carbons (Fsp3) is 0.448. The van der Waals surface area contributed by atoms with E-state index in [1.807, 2.05) is 18.3 Å². The van der Waals surface area contributed by atoms with Crippen molar-refractivity contribution >= 4 is 27.8 Å². The predicted octanol–water partition coefficient (Wildman–Crippen LogP) is 6.29. The van der Waals surface area contributed by atoms with E-state index in [9.17, 15) is 14.3 Å². The zero-order valence-electron chi connectivity index (χ0n) is 20.2. The molecule has 2 aliphatic carbocycles. The van der Waals surface area contributed by atoms with E-state index in [4.69, 9.17) is 4.74 Å². The van der Waals surface area contributed by atoms with E-state index in [-0.39, 0.29) is 17.2 Å². The first kappa shape index (κ1) is 22.0. The minimum Gasteiger partial charge on any atom is -0.481 e. The lowest BCUT2D eigenvalue weighted by molar-refractivity contribution is -0.150. The Kier molecular flexibility index (Phi) is 5.00. The molecule has 7 rings (SSSR count). The Balaban J connectivity index is 1.43. The molecule has 2 aromatic heterocycles. The SMILES string of the molecule is O=C(O)[C@H]1C[C@]2(CC[C@@H](c3c(C4CCOCC4)n(-c4ccc(F)cc4)c4cc5cn[nH]c5cc34)C2)C1. The number of benzene rings is 2.